The summed E-state index contributed by atoms with van der Waals surface area (Å²) in [7, 11) is 0. The Balaban J connectivity index is 2.02. The summed E-state index contributed by atoms with van der Waals surface area (Å²) in [6.45, 7) is 2.48. The molecule has 2 aromatic rings. The van der Waals surface area contributed by atoms with Crippen molar-refractivity contribution in [2.24, 2.45) is 5.10 Å². The van der Waals surface area contributed by atoms with E-state index in [0.717, 1.165) is 0 Å². The number of rotatable bonds is 3. The Morgan fingerprint density at radius 2 is 1.96 bits per heavy atom. The minimum atomic E-state index is -0.475. The Labute approximate surface area is 137 Å². The second-order valence-electron chi connectivity index (χ2n) is 4.98. The van der Waals surface area contributed by atoms with Crippen LogP contribution in [0.2, 0.25) is 0 Å². The summed E-state index contributed by atoms with van der Waals surface area (Å²) < 4.78 is 6.77. The number of ether oxygens (including phenoxy) is 1. The van der Waals surface area contributed by atoms with Crippen LogP contribution in [0.25, 0.3) is 5.69 Å². The molecule has 1 fully saturated rings. The molecule has 23 heavy (non-hydrogen) atoms. The molecule has 2 N–H and O–H groups in total. The van der Waals surface area contributed by atoms with Crippen LogP contribution in [0.4, 0.5) is 0 Å². The molecule has 120 valence electrons. The van der Waals surface area contributed by atoms with Gasteiger partial charge in [0.2, 0.25) is 5.88 Å². The highest BCUT2D eigenvalue weighted by Crippen LogP contribution is 2.18. The molecule has 1 aromatic heterocycles. The standard InChI is InChI=1S/C15H16N4O3S/c20-13-12(10-16-18-6-8-22-9-7-18)14(21)19(15(23)17-13)11-4-2-1-3-5-11/h1-5,10,21H,6-9H2,(H,17,20,23)/b16-10+. The largest absolute Gasteiger partial charge is 0.494 e. The summed E-state index contributed by atoms with van der Waals surface area (Å²) in [5.74, 6) is -0.234. The molecule has 0 aliphatic carbocycles. The zero-order valence-corrected chi connectivity index (χ0v) is 13.1. The molecule has 0 bridgehead atoms. The molecule has 0 saturated carbocycles. The second kappa shape index (κ2) is 6.76. The average Bonchev–Trinajstić information content (AvgIpc) is 2.56. The number of para-hydroxylation sites is 1. The van der Waals surface area contributed by atoms with E-state index >= 15 is 0 Å². The van der Waals surface area contributed by atoms with Crippen molar-refractivity contribution in [3.05, 3.63) is 51.0 Å². The molecule has 1 saturated heterocycles. The molecule has 8 heteroatoms. The maximum Gasteiger partial charge on any atom is 0.264 e. The third kappa shape index (κ3) is 3.33. The molecule has 0 unspecified atom stereocenters. The van der Waals surface area contributed by atoms with Crippen molar-refractivity contribution in [3.63, 3.8) is 0 Å². The topological polar surface area (TPSA) is 82.8 Å². The highest BCUT2D eigenvalue weighted by Gasteiger charge is 2.13. The van der Waals surface area contributed by atoms with Gasteiger partial charge in [0.25, 0.3) is 5.56 Å². The number of nitrogens with one attached hydrogen (secondary N) is 1. The summed E-state index contributed by atoms with van der Waals surface area (Å²) in [6.07, 6.45) is 1.35. The predicted octanol–water partition coefficient (Wildman–Crippen LogP) is 1.27. The first-order chi connectivity index (χ1) is 11.2. The fourth-order valence-corrected chi connectivity index (χ4v) is 2.56. The number of morpholine rings is 1. The third-order valence-electron chi connectivity index (χ3n) is 3.47. The van der Waals surface area contributed by atoms with Crippen LogP contribution in [0.5, 0.6) is 5.88 Å². The van der Waals surface area contributed by atoms with E-state index in [0.29, 0.717) is 32.0 Å². The van der Waals surface area contributed by atoms with Crippen LogP contribution >= 0.6 is 12.2 Å². The van der Waals surface area contributed by atoms with Crippen LogP contribution in [0.1, 0.15) is 5.56 Å². The van der Waals surface area contributed by atoms with Gasteiger partial charge in [-0.15, -0.1) is 0 Å². The highest BCUT2D eigenvalue weighted by molar-refractivity contribution is 7.71. The Bertz CT molecular complexity index is 823. The highest BCUT2D eigenvalue weighted by atomic mass is 32.1. The number of aromatic nitrogens is 2. The maximum absolute atomic E-state index is 12.1. The lowest BCUT2D eigenvalue weighted by Gasteiger charge is -2.23. The van der Waals surface area contributed by atoms with Gasteiger partial charge in [0, 0.05) is 0 Å². The van der Waals surface area contributed by atoms with Crippen molar-refractivity contribution in [1.29, 1.82) is 0 Å². The lowest BCUT2D eigenvalue weighted by Crippen LogP contribution is -2.32. The van der Waals surface area contributed by atoms with Gasteiger partial charge in [-0.05, 0) is 24.4 Å². The molecular weight excluding hydrogens is 316 g/mol. The zero-order valence-electron chi connectivity index (χ0n) is 12.3. The molecule has 2 heterocycles. The van der Waals surface area contributed by atoms with E-state index in [1.54, 1.807) is 17.1 Å². The summed E-state index contributed by atoms with van der Waals surface area (Å²) >= 11 is 5.15. The molecule has 1 aliphatic heterocycles. The average molecular weight is 332 g/mol. The van der Waals surface area contributed by atoms with Crippen LogP contribution in [-0.4, -0.2) is 52.2 Å². The first-order valence-electron chi connectivity index (χ1n) is 7.17. The maximum atomic E-state index is 12.1. The second-order valence-corrected chi connectivity index (χ2v) is 5.36. The summed E-state index contributed by atoms with van der Waals surface area (Å²) in [5.41, 5.74) is 0.248. The monoisotopic (exact) mass is 332 g/mol. The molecule has 0 radical (unpaired) electrons. The van der Waals surface area contributed by atoms with Gasteiger partial charge in [0.05, 0.1) is 38.2 Å². The van der Waals surface area contributed by atoms with Crippen molar-refractivity contribution < 1.29 is 9.84 Å². The van der Waals surface area contributed by atoms with Crippen molar-refractivity contribution >= 4 is 18.4 Å². The van der Waals surface area contributed by atoms with Crippen LogP contribution in [0.15, 0.2) is 40.2 Å². The predicted molar refractivity (Wildman–Crippen MR) is 88.9 cm³/mol. The minimum Gasteiger partial charge on any atom is -0.494 e. The van der Waals surface area contributed by atoms with Crippen molar-refractivity contribution in [2.45, 2.75) is 0 Å². The van der Waals surface area contributed by atoms with E-state index in [1.165, 1.54) is 10.8 Å². The molecule has 0 amide bonds. The van der Waals surface area contributed by atoms with E-state index in [-0.39, 0.29) is 16.2 Å². The lowest BCUT2D eigenvalue weighted by atomic mass is 10.3. The van der Waals surface area contributed by atoms with E-state index < -0.39 is 5.56 Å². The summed E-state index contributed by atoms with van der Waals surface area (Å²) in [5, 5.41) is 16.5. The molecule has 1 aromatic carbocycles. The lowest BCUT2D eigenvalue weighted by molar-refractivity contribution is 0.0396. The van der Waals surface area contributed by atoms with Gasteiger partial charge in [0.1, 0.15) is 5.56 Å². The molecule has 0 atom stereocenters. The van der Waals surface area contributed by atoms with Gasteiger partial charge < -0.3 is 9.84 Å². The Morgan fingerprint density at radius 3 is 2.65 bits per heavy atom. The van der Waals surface area contributed by atoms with Crippen LogP contribution in [-0.2, 0) is 4.74 Å². The first-order valence-corrected chi connectivity index (χ1v) is 7.58. The number of aromatic amines is 1. The number of aromatic hydroxyl groups is 1. The van der Waals surface area contributed by atoms with Crippen molar-refractivity contribution in [1.82, 2.24) is 14.6 Å². The Kier molecular flexibility index (Phi) is 4.54. The van der Waals surface area contributed by atoms with E-state index in [1.807, 2.05) is 18.2 Å². The van der Waals surface area contributed by atoms with Gasteiger partial charge in [0.15, 0.2) is 4.77 Å². The summed E-state index contributed by atoms with van der Waals surface area (Å²) in [4.78, 5) is 14.6. The van der Waals surface area contributed by atoms with Gasteiger partial charge in [-0.1, -0.05) is 18.2 Å². The van der Waals surface area contributed by atoms with Crippen molar-refractivity contribution in [3.8, 4) is 11.6 Å². The van der Waals surface area contributed by atoms with Crippen LogP contribution in [0, 0.1) is 4.77 Å². The van der Waals surface area contributed by atoms with Crippen LogP contribution in [0.3, 0.4) is 0 Å². The number of benzene rings is 1. The number of nitrogens with zero attached hydrogens (tertiary/aromatic N) is 3. The van der Waals surface area contributed by atoms with Gasteiger partial charge in [-0.25, -0.2) is 0 Å². The van der Waals surface area contributed by atoms with E-state index in [9.17, 15) is 9.90 Å². The molecule has 0 spiro atoms. The van der Waals surface area contributed by atoms with E-state index in [4.69, 9.17) is 17.0 Å². The van der Waals surface area contributed by atoms with Gasteiger partial charge >= 0.3 is 0 Å². The third-order valence-corrected chi connectivity index (χ3v) is 3.76. The molecule has 1 aliphatic rings. The Morgan fingerprint density at radius 1 is 1.26 bits per heavy atom. The fourth-order valence-electron chi connectivity index (χ4n) is 2.28. The zero-order chi connectivity index (χ0) is 16.2. The van der Waals surface area contributed by atoms with Crippen molar-refractivity contribution in [2.75, 3.05) is 26.3 Å². The molecular formula is C15H16N4O3S. The number of hydrazone groups is 1. The smallest absolute Gasteiger partial charge is 0.264 e. The van der Waals surface area contributed by atoms with Gasteiger partial charge in [-0.3, -0.25) is 19.4 Å². The normalized spacial score (nSPS) is 15.2. The van der Waals surface area contributed by atoms with Gasteiger partial charge in [-0.2, -0.15) is 5.10 Å². The molecule has 3 rings (SSSR count). The fraction of sp³-hybridized carbons (Fsp3) is 0.267. The molecule has 7 nitrogen and oxygen atoms in total. The SMILES string of the molecule is O=c1[nH]c(=S)n(-c2ccccc2)c(O)c1/C=N/N1CCOCC1. The number of hydrogen-bond donors (Lipinski definition) is 2. The first kappa shape index (κ1) is 15.4. The Hall–Kier alpha value is -2.45. The number of hydrogen-bond acceptors (Lipinski definition) is 6. The summed E-state index contributed by atoms with van der Waals surface area (Å²) in [6, 6.07) is 9.08. The quantitative estimate of drug-likeness (QED) is 0.653. The number of H-pyrrole nitrogens is 1. The van der Waals surface area contributed by atoms with E-state index in [2.05, 4.69) is 10.1 Å². The van der Waals surface area contributed by atoms with Crippen LogP contribution < -0.4 is 5.56 Å². The minimum absolute atomic E-state index is 0.0638.